The minimum atomic E-state index is -1.57. The second-order valence-electron chi connectivity index (χ2n) is 5.07. The minimum absolute atomic E-state index is 0.0826. The molecule has 14 heavy (non-hydrogen) atoms. The Morgan fingerprint density at radius 2 is 1.43 bits per heavy atom. The van der Waals surface area contributed by atoms with E-state index in [1.54, 1.807) is 0 Å². The van der Waals surface area contributed by atoms with Crippen molar-refractivity contribution in [2.24, 2.45) is 0 Å². The molecule has 0 unspecified atom stereocenters. The van der Waals surface area contributed by atoms with Gasteiger partial charge in [-0.2, -0.15) is 0 Å². The summed E-state index contributed by atoms with van der Waals surface area (Å²) in [6.45, 7) is 6.60. The Labute approximate surface area is 88.9 Å². The van der Waals surface area contributed by atoms with Crippen molar-refractivity contribution in [2.75, 3.05) is 28.2 Å². The first kappa shape index (κ1) is 13.7. The summed E-state index contributed by atoms with van der Waals surface area (Å²) in [7, 11) is 6.39. The second-order valence-corrected chi connectivity index (χ2v) is 10.1. The van der Waals surface area contributed by atoms with Crippen molar-refractivity contribution in [3.8, 4) is 0 Å². The third kappa shape index (κ3) is 3.42. The molecule has 3 nitrogen and oxygen atoms in total. The summed E-state index contributed by atoms with van der Waals surface area (Å²) in [5.74, 6) is 2.15. The van der Waals surface area contributed by atoms with Crippen LogP contribution in [-0.2, 0) is 4.79 Å². The number of hydrogen-bond acceptors (Lipinski definition) is 3. The van der Waals surface area contributed by atoms with E-state index in [1.807, 2.05) is 28.2 Å². The van der Waals surface area contributed by atoms with E-state index < -0.39 is 8.07 Å². The summed E-state index contributed by atoms with van der Waals surface area (Å²) in [6.07, 6.45) is 0. The molecule has 0 aliphatic heterocycles. The van der Waals surface area contributed by atoms with Crippen LogP contribution in [0, 0.1) is 0 Å². The Balaban J connectivity index is 5.10. The summed E-state index contributed by atoms with van der Waals surface area (Å²) in [6, 6.07) is 0. The van der Waals surface area contributed by atoms with Gasteiger partial charge in [-0.25, -0.2) is 4.79 Å². The van der Waals surface area contributed by atoms with Crippen LogP contribution < -0.4 is 0 Å². The van der Waals surface area contributed by atoms with Gasteiger partial charge in [0.1, 0.15) is 5.94 Å². The van der Waals surface area contributed by atoms with Gasteiger partial charge in [-0.05, 0) is 28.2 Å². The molecule has 0 rings (SSSR count). The van der Waals surface area contributed by atoms with Gasteiger partial charge in [-0.15, -0.1) is 0 Å². The van der Waals surface area contributed by atoms with Crippen LogP contribution in [0.2, 0.25) is 19.6 Å². The predicted molar refractivity (Wildman–Crippen MR) is 65.7 cm³/mol. The quantitative estimate of drug-likeness (QED) is 0.508. The Hall–Kier alpha value is -0.348. The SMILES string of the molecule is CN(C)B(C(=C=O)[Si](C)(C)C)N(C)C. The maximum Gasteiger partial charge on any atom is 0.348 e. The van der Waals surface area contributed by atoms with Crippen molar-refractivity contribution in [3.63, 3.8) is 0 Å². The van der Waals surface area contributed by atoms with Gasteiger partial charge in [0, 0.05) is 5.10 Å². The van der Waals surface area contributed by atoms with Crippen LogP contribution in [0.15, 0.2) is 5.10 Å². The highest BCUT2D eigenvalue weighted by Gasteiger charge is 2.35. The zero-order valence-electron chi connectivity index (χ0n) is 10.4. The normalized spacial score (nSPS) is 11.8. The summed E-state index contributed by atoms with van der Waals surface area (Å²) in [5.41, 5.74) is 0. The Morgan fingerprint density at radius 3 is 1.50 bits per heavy atom. The number of carbonyl (C=O) groups excluding carboxylic acids is 1. The number of hydrogen-bond donors (Lipinski definition) is 0. The Morgan fingerprint density at radius 1 is 1.07 bits per heavy atom. The van der Waals surface area contributed by atoms with E-state index in [0.717, 1.165) is 5.10 Å². The molecule has 0 saturated carbocycles. The lowest BCUT2D eigenvalue weighted by Crippen LogP contribution is -2.53. The van der Waals surface area contributed by atoms with Crippen molar-refractivity contribution in [1.29, 1.82) is 0 Å². The summed E-state index contributed by atoms with van der Waals surface area (Å²) < 4.78 is 0. The largest absolute Gasteiger partial charge is 0.348 e. The lowest BCUT2D eigenvalue weighted by molar-refractivity contribution is 0.526. The second kappa shape index (κ2) is 4.94. The van der Waals surface area contributed by atoms with Gasteiger partial charge in [0.25, 0.3) is 0 Å². The van der Waals surface area contributed by atoms with Gasteiger partial charge < -0.3 is 9.62 Å². The van der Waals surface area contributed by atoms with E-state index in [-0.39, 0.29) is 6.98 Å². The molecule has 0 aromatic rings. The zero-order valence-corrected chi connectivity index (χ0v) is 11.4. The smallest absolute Gasteiger partial charge is 0.330 e. The fraction of sp³-hybridized carbons (Fsp3) is 0.778. The summed E-state index contributed by atoms with van der Waals surface area (Å²) in [4.78, 5) is 15.1. The van der Waals surface area contributed by atoms with Gasteiger partial charge >= 0.3 is 6.98 Å². The third-order valence-corrected chi connectivity index (χ3v) is 4.13. The number of rotatable bonds is 4. The van der Waals surface area contributed by atoms with Gasteiger partial charge in [-0.3, -0.25) is 0 Å². The lowest BCUT2D eigenvalue weighted by Gasteiger charge is -2.31. The predicted octanol–water partition coefficient (Wildman–Crippen LogP) is 0.772. The fourth-order valence-electron chi connectivity index (χ4n) is 1.57. The van der Waals surface area contributed by atoms with Crippen LogP contribution in [0.3, 0.4) is 0 Å². The molecule has 0 aromatic heterocycles. The van der Waals surface area contributed by atoms with Crippen molar-refractivity contribution in [3.05, 3.63) is 5.10 Å². The van der Waals surface area contributed by atoms with Crippen molar-refractivity contribution in [1.82, 2.24) is 9.62 Å². The molecule has 0 aromatic carbocycles. The molecular weight excluding hydrogens is 191 g/mol. The average Bonchev–Trinajstić information content (AvgIpc) is 1.95. The molecule has 0 fully saturated rings. The molecule has 0 spiro atoms. The molecule has 0 saturated heterocycles. The summed E-state index contributed by atoms with van der Waals surface area (Å²) >= 11 is 0. The molecule has 0 heterocycles. The van der Waals surface area contributed by atoms with E-state index in [2.05, 4.69) is 35.2 Å². The van der Waals surface area contributed by atoms with Crippen LogP contribution in [-0.4, -0.2) is 58.8 Å². The Kier molecular flexibility index (Phi) is 4.81. The maximum atomic E-state index is 11.0. The number of nitrogens with zero attached hydrogens (tertiary/aromatic N) is 2. The molecule has 0 bridgehead atoms. The van der Waals surface area contributed by atoms with Crippen molar-refractivity contribution < 1.29 is 4.79 Å². The molecular formula is C9H21BN2OSi. The van der Waals surface area contributed by atoms with Crippen LogP contribution in [0.5, 0.6) is 0 Å². The Bertz CT molecular complexity index is 234. The molecule has 0 amide bonds. The summed E-state index contributed by atoms with van der Waals surface area (Å²) in [5, 5.41) is 0.924. The van der Waals surface area contributed by atoms with E-state index in [4.69, 9.17) is 0 Å². The van der Waals surface area contributed by atoms with E-state index >= 15 is 0 Å². The van der Waals surface area contributed by atoms with Gasteiger partial charge in [0.05, 0.1) is 8.07 Å². The van der Waals surface area contributed by atoms with Gasteiger partial charge in [0.15, 0.2) is 0 Å². The molecule has 0 radical (unpaired) electrons. The zero-order chi connectivity index (χ0) is 11.5. The first-order valence-electron chi connectivity index (χ1n) is 4.80. The van der Waals surface area contributed by atoms with Crippen LogP contribution >= 0.6 is 0 Å². The van der Waals surface area contributed by atoms with Gasteiger partial charge in [0.2, 0.25) is 0 Å². The van der Waals surface area contributed by atoms with Crippen LogP contribution in [0.1, 0.15) is 0 Å². The third-order valence-electron chi connectivity index (χ3n) is 2.15. The van der Waals surface area contributed by atoms with E-state index in [1.165, 1.54) is 0 Å². The van der Waals surface area contributed by atoms with Crippen LogP contribution in [0.25, 0.3) is 0 Å². The fourth-order valence-corrected chi connectivity index (χ4v) is 3.17. The standard InChI is InChI=1S/C9H21BN2OSi/c1-11(2)10(12(3)4)9(8-13)14(5,6)7/h1-7H3. The van der Waals surface area contributed by atoms with Gasteiger partial charge in [-0.1, -0.05) is 19.6 Å². The highest BCUT2D eigenvalue weighted by molar-refractivity contribution is 6.98. The average molecular weight is 212 g/mol. The lowest BCUT2D eigenvalue weighted by atomic mass is 9.73. The van der Waals surface area contributed by atoms with Crippen molar-refractivity contribution >= 4 is 21.0 Å². The molecule has 0 atom stereocenters. The molecule has 80 valence electrons. The topological polar surface area (TPSA) is 23.6 Å². The molecule has 0 aliphatic rings. The highest BCUT2D eigenvalue weighted by atomic mass is 28.3. The monoisotopic (exact) mass is 212 g/mol. The van der Waals surface area contributed by atoms with E-state index in [9.17, 15) is 4.79 Å². The van der Waals surface area contributed by atoms with Crippen LogP contribution in [0.4, 0.5) is 0 Å². The highest BCUT2D eigenvalue weighted by Crippen LogP contribution is 2.16. The van der Waals surface area contributed by atoms with Crippen molar-refractivity contribution in [2.45, 2.75) is 19.6 Å². The first-order chi connectivity index (χ1) is 6.21. The van der Waals surface area contributed by atoms with E-state index in [0.29, 0.717) is 0 Å². The molecule has 0 aliphatic carbocycles. The first-order valence-corrected chi connectivity index (χ1v) is 8.30. The minimum Gasteiger partial charge on any atom is -0.330 e. The molecule has 0 N–H and O–H groups in total. The maximum absolute atomic E-state index is 11.0. The molecule has 5 heteroatoms.